The van der Waals surface area contributed by atoms with E-state index in [0.29, 0.717) is 48.9 Å². The number of ether oxygens (including phenoxy) is 4. The molecule has 4 N–H and O–H groups in total. The fourth-order valence-corrected chi connectivity index (χ4v) is 18.1. The number of anilines is 1. The summed E-state index contributed by atoms with van der Waals surface area (Å²) in [6.07, 6.45) is 0.678. The highest BCUT2D eigenvalue weighted by Gasteiger charge is 2.62. The van der Waals surface area contributed by atoms with Crippen LogP contribution < -0.4 is 11.1 Å². The van der Waals surface area contributed by atoms with Gasteiger partial charge in [-0.15, -0.1) is 0 Å². The fourth-order valence-electron chi connectivity index (χ4n) is 6.93. The number of hydrogen-bond donors (Lipinski definition) is 2. The molecule has 4 heterocycles. The van der Waals surface area contributed by atoms with Crippen LogP contribution in [0.2, 0.25) is 22.2 Å². The van der Waals surface area contributed by atoms with Crippen molar-refractivity contribution >= 4 is 40.0 Å². The lowest BCUT2D eigenvalue weighted by Crippen LogP contribution is -2.66. The molecule has 0 spiro atoms. The molecule has 1 unspecified atom stereocenters. The molecule has 276 valence electrons. The highest BCUT2D eigenvalue weighted by Crippen LogP contribution is 2.49. The Morgan fingerprint density at radius 1 is 0.940 bits per heavy atom. The summed E-state index contributed by atoms with van der Waals surface area (Å²) in [5.74, 6) is -0.0103. The highest BCUT2D eigenvalue weighted by molar-refractivity contribution is 6.84. The summed E-state index contributed by atoms with van der Waals surface area (Å²) in [5.41, 5.74) is 5.82. The number of carbonyl (C=O) groups excluding carboxylic acids is 1. The van der Waals surface area contributed by atoms with E-state index in [1.807, 2.05) is 22.8 Å². The second kappa shape index (κ2) is 16.8. The molecule has 5 rings (SSSR count). The van der Waals surface area contributed by atoms with Crippen LogP contribution in [0.3, 0.4) is 0 Å². The number of benzene rings is 1. The van der Waals surface area contributed by atoms with Crippen molar-refractivity contribution in [3.63, 3.8) is 0 Å². The van der Waals surface area contributed by atoms with Crippen LogP contribution in [0, 0.1) is 0 Å². The van der Waals surface area contributed by atoms with E-state index < -0.39 is 41.7 Å². The van der Waals surface area contributed by atoms with Gasteiger partial charge in [0.2, 0.25) is 0 Å². The Bertz CT molecular complexity index is 1530. The van der Waals surface area contributed by atoms with E-state index >= 15 is 0 Å². The zero-order valence-corrected chi connectivity index (χ0v) is 32.7. The minimum atomic E-state index is -2.99. The smallest absolute Gasteiger partial charge is 0.335 e. The number of quaternary nitrogens is 1. The lowest BCUT2D eigenvalue weighted by atomic mass is 10.1. The summed E-state index contributed by atoms with van der Waals surface area (Å²) < 4.78 is 48.4. The van der Waals surface area contributed by atoms with Crippen molar-refractivity contribution in [3.05, 3.63) is 48.5 Å². The van der Waals surface area contributed by atoms with E-state index in [9.17, 15) is 4.79 Å². The van der Waals surface area contributed by atoms with Gasteiger partial charge in [-0.3, -0.25) is 9.36 Å². The van der Waals surface area contributed by atoms with E-state index in [4.69, 9.17) is 31.9 Å². The van der Waals surface area contributed by atoms with Gasteiger partial charge in [0.25, 0.3) is 5.91 Å². The molecule has 50 heavy (non-hydrogen) atoms. The van der Waals surface area contributed by atoms with Crippen molar-refractivity contribution in [2.24, 2.45) is 0 Å². The summed E-state index contributed by atoms with van der Waals surface area (Å²) in [7, 11) is -5.79. The first kappa shape index (κ1) is 38.6. The van der Waals surface area contributed by atoms with Gasteiger partial charge in [0, 0.05) is 5.56 Å². The Morgan fingerprint density at radius 2 is 1.62 bits per heavy atom. The van der Waals surface area contributed by atoms with Crippen molar-refractivity contribution in [2.45, 2.75) is 102 Å². The zero-order valence-electron chi connectivity index (χ0n) is 30.7. The predicted molar refractivity (Wildman–Crippen MR) is 192 cm³/mol. The molecule has 0 aliphatic carbocycles. The van der Waals surface area contributed by atoms with E-state index in [1.54, 1.807) is 18.5 Å². The summed E-state index contributed by atoms with van der Waals surface area (Å²) in [6.45, 7) is 19.8. The van der Waals surface area contributed by atoms with Crippen LogP contribution in [0.4, 0.5) is 5.82 Å². The van der Waals surface area contributed by atoms with Gasteiger partial charge in [-0.1, -0.05) is 73.6 Å². The van der Waals surface area contributed by atoms with E-state index in [-0.39, 0.29) is 41.5 Å². The number of hydrogen-bond acceptors (Lipinski definition) is 11. The van der Waals surface area contributed by atoms with Gasteiger partial charge in [0.1, 0.15) is 31.4 Å². The van der Waals surface area contributed by atoms with Crippen LogP contribution in [-0.2, 0) is 31.9 Å². The second-order valence-corrected chi connectivity index (χ2v) is 23.0. The molecule has 2 aromatic heterocycles. The van der Waals surface area contributed by atoms with E-state index in [2.05, 4.69) is 81.4 Å². The third-order valence-corrected chi connectivity index (χ3v) is 19.8. The Kier molecular flexibility index (Phi) is 13.0. The Morgan fingerprint density at radius 3 is 2.28 bits per heavy atom. The number of amides is 1. The molecule has 2 aliphatic heterocycles. The van der Waals surface area contributed by atoms with Crippen LogP contribution in [0.5, 0.6) is 0 Å². The molecule has 2 fully saturated rings. The van der Waals surface area contributed by atoms with Crippen molar-refractivity contribution in [1.29, 1.82) is 0 Å². The molecule has 2 aliphatic rings. The van der Waals surface area contributed by atoms with Crippen molar-refractivity contribution < 1.29 is 42.4 Å². The SMILES string of the molecule is CC(C)[Si]1(C(C)C)OC[C@H]2O[C@@H](n3cnc4c(NC(=O)c5ccccc5)ncnc43)C(OCOCCOCC[NH3+])[C@H]2O[Si](C(C)C)(C(C)C)O1. The monoisotopic (exact) mass is 731 g/mol. The third kappa shape index (κ3) is 7.89. The molecule has 0 bridgehead atoms. The Balaban J connectivity index is 1.51. The molecular weight excluding hydrogens is 677 g/mol. The molecule has 2 saturated heterocycles. The summed E-state index contributed by atoms with van der Waals surface area (Å²) in [4.78, 5) is 26.6. The van der Waals surface area contributed by atoms with Gasteiger partial charge in [-0.05, 0) is 34.3 Å². The standard InChI is InChI=1S/C34H54N6O8Si2/c1-22(2)49(23(3)4)45-18-27-29(47-50(48-49,24(5)6)25(7)8)30(44-21-43-17-16-42-15-14-35)34(46-27)40-20-38-28-31(36-19-37-32(28)40)39-33(41)26-12-10-9-11-13-26/h9-13,19-20,22-25,27,29-30,34H,14-18,21,35H2,1-8H3,(H,36,37,39,41)/p+1/t27-,29+,30?,34-/m1/s1. The maximum absolute atomic E-state index is 13.0. The van der Waals surface area contributed by atoms with E-state index in [1.165, 1.54) is 6.33 Å². The minimum absolute atomic E-state index is 0.0128. The first-order valence-electron chi connectivity index (χ1n) is 17.7. The average Bonchev–Trinajstić information content (AvgIpc) is 3.65. The predicted octanol–water partition coefficient (Wildman–Crippen LogP) is 4.55. The van der Waals surface area contributed by atoms with Crippen LogP contribution in [-0.4, -0.2) is 101 Å². The number of fused-ring (bicyclic) bond motifs is 2. The third-order valence-electron chi connectivity index (χ3n) is 9.52. The minimum Gasteiger partial charge on any atom is -0.414 e. The lowest BCUT2D eigenvalue weighted by molar-refractivity contribution is -0.374. The topological polar surface area (TPSA) is 165 Å². The number of rotatable bonds is 15. The van der Waals surface area contributed by atoms with Gasteiger partial charge >= 0.3 is 17.1 Å². The number of imidazole rings is 1. The number of nitrogens with one attached hydrogen (secondary N) is 1. The van der Waals surface area contributed by atoms with Gasteiger partial charge < -0.3 is 43.0 Å². The molecular formula is C34H55N6O8Si2+. The van der Waals surface area contributed by atoms with Crippen molar-refractivity contribution in [1.82, 2.24) is 19.5 Å². The Hall–Kier alpha value is -2.65. The summed E-state index contributed by atoms with van der Waals surface area (Å²) in [5, 5.41) is 2.89. The van der Waals surface area contributed by atoms with E-state index in [0.717, 1.165) is 0 Å². The number of carbonyl (C=O) groups is 1. The van der Waals surface area contributed by atoms with Gasteiger partial charge in [-0.25, -0.2) is 15.0 Å². The Labute approximate surface area is 297 Å². The van der Waals surface area contributed by atoms with Crippen LogP contribution in [0.15, 0.2) is 43.0 Å². The maximum Gasteiger partial charge on any atom is 0.335 e. The molecule has 3 aromatic rings. The van der Waals surface area contributed by atoms with Gasteiger partial charge in [-0.2, -0.15) is 0 Å². The maximum atomic E-state index is 13.0. The largest absolute Gasteiger partial charge is 0.414 e. The molecule has 0 saturated carbocycles. The van der Waals surface area contributed by atoms with Gasteiger partial charge in [0.15, 0.2) is 23.2 Å². The van der Waals surface area contributed by atoms with Gasteiger partial charge in [0.05, 0.1) is 39.3 Å². The van der Waals surface area contributed by atoms with Crippen molar-refractivity contribution in [2.75, 3.05) is 45.1 Å². The normalized spacial score (nSPS) is 23.5. The molecule has 1 aromatic carbocycles. The molecule has 0 radical (unpaired) electrons. The first-order chi connectivity index (χ1) is 23.9. The molecule has 1 amide bonds. The highest BCUT2D eigenvalue weighted by atomic mass is 28.5. The first-order valence-corrected chi connectivity index (χ1v) is 21.7. The number of aromatic nitrogens is 4. The second-order valence-electron chi connectivity index (χ2n) is 14.1. The van der Waals surface area contributed by atoms with Crippen LogP contribution >= 0.6 is 0 Å². The average molecular weight is 732 g/mol. The summed E-state index contributed by atoms with van der Waals surface area (Å²) >= 11 is 0. The fraction of sp³-hybridized carbons (Fsp3) is 0.647. The summed E-state index contributed by atoms with van der Waals surface area (Å²) in [6, 6.07) is 8.95. The molecule has 4 atom stereocenters. The molecule has 16 heteroatoms. The quantitative estimate of drug-likeness (QED) is 0.128. The van der Waals surface area contributed by atoms with Crippen molar-refractivity contribution in [3.8, 4) is 0 Å². The van der Waals surface area contributed by atoms with Crippen LogP contribution in [0.25, 0.3) is 11.2 Å². The molecule has 14 nitrogen and oxygen atoms in total. The lowest BCUT2D eigenvalue weighted by Gasteiger charge is -2.51. The number of nitrogens with zero attached hydrogens (tertiary/aromatic N) is 4. The van der Waals surface area contributed by atoms with Crippen LogP contribution in [0.1, 0.15) is 72.0 Å². The zero-order chi connectivity index (χ0) is 36.1.